The molecule has 1 saturated carbocycles. The van der Waals surface area contributed by atoms with E-state index in [-0.39, 0.29) is 0 Å². The fourth-order valence-electron chi connectivity index (χ4n) is 3.52. The maximum absolute atomic E-state index is 5.51. The molecule has 1 aromatic carbocycles. The Morgan fingerprint density at radius 1 is 0.960 bits per heavy atom. The lowest BCUT2D eigenvalue weighted by atomic mass is 9.78. The van der Waals surface area contributed by atoms with Crippen molar-refractivity contribution in [3.05, 3.63) is 67.5 Å². The Morgan fingerprint density at radius 3 is 2.24 bits per heavy atom. The quantitative estimate of drug-likeness (QED) is 0.622. The van der Waals surface area contributed by atoms with Gasteiger partial charge >= 0.3 is 0 Å². The van der Waals surface area contributed by atoms with E-state index in [0.717, 1.165) is 29.5 Å². The van der Waals surface area contributed by atoms with Crippen molar-refractivity contribution in [1.82, 2.24) is 9.97 Å². The molecule has 3 nitrogen and oxygen atoms in total. The number of nitrogens with zero attached hydrogens (tertiary/aromatic N) is 2. The zero-order valence-electron chi connectivity index (χ0n) is 14.7. The Hall–Kier alpha value is -2.42. The van der Waals surface area contributed by atoms with E-state index in [2.05, 4.69) is 29.2 Å². The molecule has 0 unspecified atom stereocenters. The van der Waals surface area contributed by atoms with E-state index >= 15 is 0 Å². The predicted octanol–water partition coefficient (Wildman–Crippen LogP) is 5.56. The Morgan fingerprint density at radius 2 is 1.64 bits per heavy atom. The van der Waals surface area contributed by atoms with Crippen molar-refractivity contribution in [3.63, 3.8) is 0 Å². The van der Waals surface area contributed by atoms with Gasteiger partial charge in [0.2, 0.25) is 0 Å². The van der Waals surface area contributed by atoms with Crippen molar-refractivity contribution in [3.8, 4) is 17.1 Å². The number of hydrogen-bond donors (Lipinski definition) is 0. The summed E-state index contributed by atoms with van der Waals surface area (Å²) < 4.78 is 5.51. The summed E-state index contributed by atoms with van der Waals surface area (Å²) in [6, 6.07) is 7.87. The van der Waals surface area contributed by atoms with E-state index in [1.807, 2.05) is 36.7 Å². The summed E-state index contributed by atoms with van der Waals surface area (Å²) in [5.41, 5.74) is 2.28. The van der Waals surface area contributed by atoms with Crippen LogP contribution in [0.5, 0.6) is 5.75 Å². The first-order chi connectivity index (χ1) is 12.3. The molecule has 0 spiro atoms. The van der Waals surface area contributed by atoms with Gasteiger partial charge in [0.1, 0.15) is 12.4 Å². The standard InChI is InChI=1S/C22H26N2O/c1-3-5-17-6-8-18(9-7-17)20-15-23-22(24-16-20)19-10-12-21(13-11-19)25-14-4-2/h3-4,10-13,15-18H,1-2,5-9,14H2/t17-,18-. The van der Waals surface area contributed by atoms with Crippen molar-refractivity contribution in [1.29, 1.82) is 0 Å². The van der Waals surface area contributed by atoms with Crippen LogP contribution in [0.1, 0.15) is 43.6 Å². The first-order valence-electron chi connectivity index (χ1n) is 9.07. The molecular weight excluding hydrogens is 308 g/mol. The smallest absolute Gasteiger partial charge is 0.159 e. The molecule has 0 aliphatic heterocycles. The fraction of sp³-hybridized carbons (Fsp3) is 0.364. The van der Waals surface area contributed by atoms with Gasteiger partial charge in [-0.05, 0) is 73.8 Å². The Balaban J connectivity index is 1.62. The third-order valence-electron chi connectivity index (χ3n) is 4.97. The SMILES string of the molecule is C=CCOc1ccc(-c2ncc([C@H]3CC[C@H](CC=C)CC3)cn2)cc1. The number of hydrogen-bond acceptors (Lipinski definition) is 3. The van der Waals surface area contributed by atoms with Crippen molar-refractivity contribution in [2.75, 3.05) is 6.61 Å². The highest BCUT2D eigenvalue weighted by atomic mass is 16.5. The Kier molecular flexibility index (Phi) is 5.99. The molecular formula is C22H26N2O. The molecule has 1 aromatic heterocycles. The van der Waals surface area contributed by atoms with Crippen LogP contribution in [-0.2, 0) is 0 Å². The average molecular weight is 334 g/mol. The van der Waals surface area contributed by atoms with Crippen LogP contribution >= 0.6 is 0 Å². The molecule has 3 heteroatoms. The average Bonchev–Trinajstić information content (AvgIpc) is 2.68. The zero-order valence-corrected chi connectivity index (χ0v) is 14.7. The highest BCUT2D eigenvalue weighted by Crippen LogP contribution is 2.36. The summed E-state index contributed by atoms with van der Waals surface area (Å²) in [7, 11) is 0. The molecule has 25 heavy (non-hydrogen) atoms. The van der Waals surface area contributed by atoms with Crippen LogP contribution in [-0.4, -0.2) is 16.6 Å². The number of allylic oxidation sites excluding steroid dienone is 1. The Bertz CT molecular complexity index is 683. The van der Waals surface area contributed by atoms with Gasteiger partial charge in [-0.1, -0.05) is 18.7 Å². The maximum atomic E-state index is 5.51. The lowest BCUT2D eigenvalue weighted by Gasteiger charge is -2.27. The van der Waals surface area contributed by atoms with Crippen LogP contribution in [0.15, 0.2) is 62.0 Å². The molecule has 0 bridgehead atoms. The normalized spacial score (nSPS) is 20.0. The van der Waals surface area contributed by atoms with E-state index in [4.69, 9.17) is 4.74 Å². The van der Waals surface area contributed by atoms with Gasteiger partial charge in [-0.25, -0.2) is 9.97 Å². The van der Waals surface area contributed by atoms with Crippen LogP contribution in [0.2, 0.25) is 0 Å². The van der Waals surface area contributed by atoms with Crippen molar-refractivity contribution >= 4 is 0 Å². The van der Waals surface area contributed by atoms with Gasteiger partial charge in [-0.15, -0.1) is 6.58 Å². The second kappa shape index (κ2) is 8.61. The van der Waals surface area contributed by atoms with E-state index in [0.29, 0.717) is 12.5 Å². The lowest BCUT2D eigenvalue weighted by molar-refractivity contribution is 0.328. The highest BCUT2D eigenvalue weighted by Gasteiger charge is 2.22. The van der Waals surface area contributed by atoms with Crippen molar-refractivity contribution < 1.29 is 4.74 Å². The minimum atomic E-state index is 0.513. The first-order valence-corrected chi connectivity index (χ1v) is 9.07. The summed E-state index contributed by atoms with van der Waals surface area (Å²) >= 11 is 0. The molecule has 0 atom stereocenters. The third-order valence-corrected chi connectivity index (χ3v) is 4.97. The summed E-state index contributed by atoms with van der Waals surface area (Å²) in [5.74, 6) is 3.01. The predicted molar refractivity (Wildman–Crippen MR) is 103 cm³/mol. The van der Waals surface area contributed by atoms with E-state index in [1.54, 1.807) is 6.08 Å². The number of benzene rings is 1. The second-order valence-corrected chi connectivity index (χ2v) is 6.71. The van der Waals surface area contributed by atoms with Crippen LogP contribution in [0.4, 0.5) is 0 Å². The molecule has 0 radical (unpaired) electrons. The summed E-state index contributed by atoms with van der Waals surface area (Å²) in [4.78, 5) is 9.17. The topological polar surface area (TPSA) is 35.0 Å². The lowest BCUT2D eigenvalue weighted by Crippen LogP contribution is -2.13. The zero-order chi connectivity index (χ0) is 17.5. The van der Waals surface area contributed by atoms with Gasteiger partial charge in [-0.3, -0.25) is 0 Å². The summed E-state index contributed by atoms with van der Waals surface area (Å²) in [6.07, 6.45) is 14.0. The van der Waals surface area contributed by atoms with Gasteiger partial charge in [0.15, 0.2) is 5.82 Å². The molecule has 3 rings (SSSR count). The van der Waals surface area contributed by atoms with Gasteiger partial charge in [0.25, 0.3) is 0 Å². The van der Waals surface area contributed by atoms with E-state index in [9.17, 15) is 0 Å². The van der Waals surface area contributed by atoms with Crippen LogP contribution in [0, 0.1) is 5.92 Å². The van der Waals surface area contributed by atoms with Gasteiger partial charge < -0.3 is 4.74 Å². The van der Waals surface area contributed by atoms with Crippen molar-refractivity contribution in [2.45, 2.75) is 38.0 Å². The molecule has 2 aromatic rings. The second-order valence-electron chi connectivity index (χ2n) is 6.71. The fourth-order valence-corrected chi connectivity index (χ4v) is 3.52. The minimum Gasteiger partial charge on any atom is -0.490 e. The number of aromatic nitrogens is 2. The first kappa shape index (κ1) is 17.4. The van der Waals surface area contributed by atoms with Gasteiger partial charge in [0.05, 0.1) is 0 Å². The molecule has 1 heterocycles. The third kappa shape index (κ3) is 4.56. The highest BCUT2D eigenvalue weighted by molar-refractivity contribution is 5.56. The largest absolute Gasteiger partial charge is 0.490 e. The van der Waals surface area contributed by atoms with Crippen LogP contribution < -0.4 is 4.74 Å². The molecule has 0 saturated heterocycles. The molecule has 1 aliphatic carbocycles. The number of rotatable bonds is 7. The van der Waals surface area contributed by atoms with E-state index in [1.165, 1.54) is 31.2 Å². The molecule has 130 valence electrons. The van der Waals surface area contributed by atoms with Gasteiger partial charge in [-0.2, -0.15) is 0 Å². The molecule has 1 aliphatic rings. The summed E-state index contributed by atoms with van der Waals surface area (Å²) in [6.45, 7) is 8.02. The molecule has 1 fully saturated rings. The maximum Gasteiger partial charge on any atom is 0.159 e. The molecule has 0 amide bonds. The minimum absolute atomic E-state index is 0.513. The monoisotopic (exact) mass is 334 g/mol. The van der Waals surface area contributed by atoms with Crippen molar-refractivity contribution in [2.24, 2.45) is 5.92 Å². The van der Waals surface area contributed by atoms with Gasteiger partial charge in [0, 0.05) is 18.0 Å². The summed E-state index contributed by atoms with van der Waals surface area (Å²) in [5, 5.41) is 0. The van der Waals surface area contributed by atoms with Crippen LogP contribution in [0.3, 0.4) is 0 Å². The van der Waals surface area contributed by atoms with Crippen LogP contribution in [0.25, 0.3) is 11.4 Å². The molecule has 0 N–H and O–H groups in total. The Labute approximate surface area is 150 Å². The van der Waals surface area contributed by atoms with E-state index < -0.39 is 0 Å². The number of ether oxygens (including phenoxy) is 1.